The first-order chi connectivity index (χ1) is 13.0. The van der Waals surface area contributed by atoms with Gasteiger partial charge < -0.3 is 9.64 Å². The van der Waals surface area contributed by atoms with E-state index in [9.17, 15) is 13.2 Å². The van der Waals surface area contributed by atoms with Gasteiger partial charge in [-0.2, -0.15) is 0 Å². The minimum absolute atomic E-state index is 0.00901. The number of carbonyl (C=O) groups is 1. The highest BCUT2D eigenvalue weighted by atomic mass is 32.2. The van der Waals surface area contributed by atoms with Gasteiger partial charge in [-0.15, -0.1) is 0 Å². The second-order valence-corrected chi connectivity index (χ2v) is 9.09. The molecule has 0 bridgehead atoms. The van der Waals surface area contributed by atoms with Gasteiger partial charge in [-0.1, -0.05) is 42.5 Å². The van der Waals surface area contributed by atoms with Gasteiger partial charge in [0.05, 0.1) is 18.1 Å². The average molecular weight is 388 g/mol. The molecule has 1 amide bonds. The Morgan fingerprint density at radius 1 is 1.07 bits per heavy atom. The number of aryl methyl sites for hydroxylation is 1. The van der Waals surface area contributed by atoms with Gasteiger partial charge in [0.15, 0.2) is 9.84 Å². The lowest BCUT2D eigenvalue weighted by Gasteiger charge is -2.20. The predicted octanol–water partition coefficient (Wildman–Crippen LogP) is 3.02. The second-order valence-electron chi connectivity index (χ2n) is 6.78. The summed E-state index contributed by atoms with van der Waals surface area (Å²) in [4.78, 5) is 14.3. The van der Waals surface area contributed by atoms with E-state index in [0.29, 0.717) is 25.8 Å². The van der Waals surface area contributed by atoms with E-state index in [2.05, 4.69) is 0 Å². The van der Waals surface area contributed by atoms with Crippen LogP contribution in [0.3, 0.4) is 0 Å². The predicted molar refractivity (Wildman–Crippen MR) is 105 cm³/mol. The van der Waals surface area contributed by atoms with Crippen LogP contribution in [-0.4, -0.2) is 45.2 Å². The fraction of sp³-hybridized carbons (Fsp3) is 0.381. The lowest BCUT2D eigenvalue weighted by molar-refractivity contribution is -0.130. The van der Waals surface area contributed by atoms with Gasteiger partial charge in [-0.25, -0.2) is 8.42 Å². The number of methoxy groups -OCH3 is 1. The highest BCUT2D eigenvalue weighted by Gasteiger charge is 2.32. The number of sulfone groups is 1. The van der Waals surface area contributed by atoms with Crippen LogP contribution in [0.25, 0.3) is 0 Å². The number of ether oxygens (including phenoxy) is 1. The summed E-state index contributed by atoms with van der Waals surface area (Å²) < 4.78 is 30.5. The van der Waals surface area contributed by atoms with Crippen LogP contribution in [0, 0.1) is 0 Å². The molecule has 5 nitrogen and oxygen atoms in total. The Morgan fingerprint density at radius 3 is 2.44 bits per heavy atom. The van der Waals surface area contributed by atoms with Crippen molar-refractivity contribution < 1.29 is 17.9 Å². The third-order valence-corrected chi connectivity index (χ3v) is 7.18. The number of nitrogens with zero attached hydrogens (tertiary/aromatic N) is 1. The van der Waals surface area contributed by atoms with Crippen molar-refractivity contribution in [3.05, 3.63) is 65.7 Å². The van der Waals surface area contributed by atoms with E-state index in [4.69, 9.17) is 4.74 Å². The van der Waals surface area contributed by atoms with E-state index in [0.717, 1.165) is 16.9 Å². The van der Waals surface area contributed by atoms with Crippen LogP contribution in [0.15, 0.2) is 54.6 Å². The Bertz CT molecular complexity index is 863. The lowest BCUT2D eigenvalue weighted by atomic mass is 10.1. The maximum absolute atomic E-state index is 12.7. The van der Waals surface area contributed by atoms with Crippen molar-refractivity contribution in [3.8, 4) is 5.75 Å². The molecule has 6 heteroatoms. The molecule has 0 aliphatic carbocycles. The van der Waals surface area contributed by atoms with Gasteiger partial charge in [0.25, 0.3) is 0 Å². The van der Waals surface area contributed by atoms with Crippen molar-refractivity contribution in [1.29, 1.82) is 0 Å². The van der Waals surface area contributed by atoms with Crippen LogP contribution in [0.2, 0.25) is 0 Å². The first-order valence-corrected chi connectivity index (χ1v) is 10.9. The third-order valence-electron chi connectivity index (χ3n) is 5.05. The zero-order valence-corrected chi connectivity index (χ0v) is 16.3. The quantitative estimate of drug-likeness (QED) is 0.791. The summed E-state index contributed by atoms with van der Waals surface area (Å²) in [5.74, 6) is 0.811. The van der Waals surface area contributed by atoms with E-state index in [1.807, 2.05) is 54.6 Å². The van der Waals surface area contributed by atoms with Gasteiger partial charge in [0.1, 0.15) is 5.75 Å². The van der Waals surface area contributed by atoms with E-state index in [1.54, 1.807) is 12.0 Å². The van der Waals surface area contributed by atoms with Crippen molar-refractivity contribution in [2.45, 2.75) is 24.5 Å². The monoisotopic (exact) mass is 387 g/mol. The van der Waals surface area contributed by atoms with Gasteiger partial charge in [-0.3, -0.25) is 4.79 Å². The SMILES string of the molecule is COc1ccc(CCC(=O)N2CCC(c3ccccc3)S(=O)(=O)CC2)cc1. The molecule has 0 spiro atoms. The van der Waals surface area contributed by atoms with Crippen molar-refractivity contribution >= 4 is 15.7 Å². The van der Waals surface area contributed by atoms with Crippen molar-refractivity contribution in [2.75, 3.05) is 26.0 Å². The Balaban J connectivity index is 1.61. The topological polar surface area (TPSA) is 63.7 Å². The van der Waals surface area contributed by atoms with Crippen LogP contribution in [0.4, 0.5) is 0 Å². The Labute approximate surface area is 160 Å². The molecular weight excluding hydrogens is 362 g/mol. The van der Waals surface area contributed by atoms with Crippen LogP contribution >= 0.6 is 0 Å². The molecule has 0 saturated carbocycles. The summed E-state index contributed by atoms with van der Waals surface area (Å²) in [5, 5.41) is -0.530. The smallest absolute Gasteiger partial charge is 0.222 e. The molecule has 1 atom stereocenters. The van der Waals surface area contributed by atoms with Crippen molar-refractivity contribution in [3.63, 3.8) is 0 Å². The molecule has 1 unspecified atom stereocenters. The Morgan fingerprint density at radius 2 is 1.78 bits per heavy atom. The van der Waals surface area contributed by atoms with E-state index in [-0.39, 0.29) is 18.2 Å². The minimum Gasteiger partial charge on any atom is -0.497 e. The maximum Gasteiger partial charge on any atom is 0.222 e. The van der Waals surface area contributed by atoms with E-state index in [1.165, 1.54) is 0 Å². The highest BCUT2D eigenvalue weighted by molar-refractivity contribution is 7.91. The van der Waals surface area contributed by atoms with Gasteiger partial charge in [0.2, 0.25) is 5.91 Å². The van der Waals surface area contributed by atoms with E-state index >= 15 is 0 Å². The van der Waals surface area contributed by atoms with E-state index < -0.39 is 15.1 Å². The lowest BCUT2D eigenvalue weighted by Crippen LogP contribution is -2.33. The summed E-state index contributed by atoms with van der Waals surface area (Å²) in [6.45, 7) is 0.743. The molecule has 27 heavy (non-hydrogen) atoms. The van der Waals surface area contributed by atoms with Crippen LogP contribution in [-0.2, 0) is 21.1 Å². The molecule has 3 rings (SSSR count). The molecule has 1 fully saturated rings. The summed E-state index contributed by atoms with van der Waals surface area (Å²) in [5.41, 5.74) is 1.87. The number of benzene rings is 2. The molecule has 0 aromatic heterocycles. The number of rotatable bonds is 5. The number of hydrogen-bond acceptors (Lipinski definition) is 4. The van der Waals surface area contributed by atoms with Gasteiger partial charge in [0, 0.05) is 19.5 Å². The second kappa shape index (κ2) is 8.57. The average Bonchev–Trinajstić information content (AvgIpc) is 2.85. The number of hydrogen-bond donors (Lipinski definition) is 0. The number of amides is 1. The van der Waals surface area contributed by atoms with Crippen LogP contribution in [0.5, 0.6) is 5.75 Å². The molecule has 2 aromatic carbocycles. The molecule has 2 aromatic rings. The molecule has 1 aliphatic heterocycles. The molecule has 1 aliphatic rings. The van der Waals surface area contributed by atoms with Gasteiger partial charge in [-0.05, 0) is 36.1 Å². The summed E-state index contributed by atoms with van der Waals surface area (Å²) in [7, 11) is -1.64. The van der Waals surface area contributed by atoms with Crippen molar-refractivity contribution in [1.82, 2.24) is 4.90 Å². The molecule has 144 valence electrons. The molecule has 1 heterocycles. The highest BCUT2D eigenvalue weighted by Crippen LogP contribution is 2.29. The standard InChI is InChI=1S/C21H25NO4S/c1-26-19-10-7-17(8-11-19)9-12-21(23)22-14-13-20(27(24,25)16-15-22)18-5-3-2-4-6-18/h2-8,10-11,20H,9,12-16H2,1H3. The maximum atomic E-state index is 12.7. The largest absolute Gasteiger partial charge is 0.497 e. The van der Waals surface area contributed by atoms with Gasteiger partial charge >= 0.3 is 0 Å². The Hall–Kier alpha value is -2.34. The fourth-order valence-electron chi connectivity index (χ4n) is 3.44. The fourth-order valence-corrected chi connectivity index (χ4v) is 5.23. The van der Waals surface area contributed by atoms with Crippen LogP contribution in [0.1, 0.15) is 29.2 Å². The normalized spacial score (nSPS) is 19.3. The van der Waals surface area contributed by atoms with Crippen LogP contribution < -0.4 is 4.74 Å². The molecule has 0 N–H and O–H groups in total. The molecule has 0 radical (unpaired) electrons. The minimum atomic E-state index is -3.26. The first-order valence-electron chi connectivity index (χ1n) is 9.17. The Kier molecular flexibility index (Phi) is 6.16. The summed E-state index contributed by atoms with van der Waals surface area (Å²) >= 11 is 0. The molecule has 1 saturated heterocycles. The zero-order valence-electron chi connectivity index (χ0n) is 15.5. The first kappa shape index (κ1) is 19.4. The van der Waals surface area contributed by atoms with Crippen molar-refractivity contribution in [2.24, 2.45) is 0 Å². The third kappa shape index (κ3) is 4.89. The summed E-state index contributed by atoms with van der Waals surface area (Å²) in [6.07, 6.45) is 1.46. The zero-order chi connectivity index (χ0) is 19.3. The molecular formula is C21H25NO4S. The number of carbonyl (C=O) groups excluding carboxylic acids is 1. The summed E-state index contributed by atoms with van der Waals surface area (Å²) in [6, 6.07) is 16.9.